The second-order valence-corrected chi connectivity index (χ2v) is 3.85. The van der Waals surface area contributed by atoms with Crippen molar-refractivity contribution < 1.29 is 5.11 Å². The first kappa shape index (κ1) is 12.7. The van der Waals surface area contributed by atoms with Gasteiger partial charge in [-0.05, 0) is 19.8 Å². The Hall–Kier alpha value is -1.36. The Bertz CT molecular complexity index is 374. The van der Waals surface area contributed by atoms with Gasteiger partial charge in [0.15, 0.2) is 0 Å². The molecule has 0 amide bonds. The molecule has 0 spiro atoms. The Morgan fingerprint density at radius 1 is 1.62 bits per heavy atom. The second-order valence-electron chi connectivity index (χ2n) is 3.85. The molecular weight excluding hydrogens is 206 g/mol. The Labute approximate surface area is 94.9 Å². The van der Waals surface area contributed by atoms with Gasteiger partial charge >= 0.3 is 0 Å². The van der Waals surface area contributed by atoms with Crippen LogP contribution in [0.25, 0.3) is 0 Å². The van der Waals surface area contributed by atoms with Crippen LogP contribution in [0, 0.1) is 0 Å². The topological polar surface area (TPSA) is 78.0 Å². The predicted octanol–water partition coefficient (Wildman–Crippen LogP) is 0.905. The molecule has 1 atom stereocenters. The van der Waals surface area contributed by atoms with Gasteiger partial charge in [0, 0.05) is 19.0 Å². The Morgan fingerprint density at radius 2 is 2.38 bits per heavy atom. The van der Waals surface area contributed by atoms with Crippen LogP contribution in [0.2, 0.25) is 0 Å². The van der Waals surface area contributed by atoms with Crippen molar-refractivity contribution in [2.75, 3.05) is 11.9 Å². The van der Waals surface area contributed by atoms with E-state index in [4.69, 9.17) is 5.11 Å². The summed E-state index contributed by atoms with van der Waals surface area (Å²) < 4.78 is 0. The molecule has 0 bridgehead atoms. The molecule has 1 unspecified atom stereocenters. The molecule has 0 aliphatic heterocycles. The summed E-state index contributed by atoms with van der Waals surface area (Å²) in [5, 5.41) is 12.2. The zero-order valence-electron chi connectivity index (χ0n) is 9.79. The highest BCUT2D eigenvalue weighted by Gasteiger charge is 2.00. The van der Waals surface area contributed by atoms with E-state index in [0.717, 1.165) is 12.8 Å². The lowest BCUT2D eigenvalue weighted by molar-refractivity contribution is 0.183. The van der Waals surface area contributed by atoms with Gasteiger partial charge in [-0.2, -0.15) is 0 Å². The summed E-state index contributed by atoms with van der Waals surface area (Å²) in [5.41, 5.74) is -0.134. The third-order valence-corrected chi connectivity index (χ3v) is 2.23. The number of aliphatic hydroxyl groups excluding tert-OH is 1. The summed E-state index contributed by atoms with van der Waals surface area (Å²) in [7, 11) is 0. The average molecular weight is 225 g/mol. The van der Waals surface area contributed by atoms with Crippen molar-refractivity contribution in [1.82, 2.24) is 9.97 Å². The van der Waals surface area contributed by atoms with Gasteiger partial charge in [0.1, 0.15) is 11.6 Å². The summed E-state index contributed by atoms with van der Waals surface area (Å²) in [5.74, 6) is 1.29. The third-order valence-electron chi connectivity index (χ3n) is 2.23. The maximum Gasteiger partial charge on any atom is 0.252 e. The highest BCUT2D eigenvalue weighted by Crippen LogP contribution is 2.01. The van der Waals surface area contributed by atoms with Gasteiger partial charge in [-0.1, -0.05) is 6.92 Å². The molecule has 1 rings (SSSR count). The van der Waals surface area contributed by atoms with Crippen LogP contribution in [-0.4, -0.2) is 27.7 Å². The molecule has 0 radical (unpaired) electrons. The highest BCUT2D eigenvalue weighted by molar-refractivity contribution is 5.32. The van der Waals surface area contributed by atoms with E-state index >= 15 is 0 Å². The fourth-order valence-electron chi connectivity index (χ4n) is 1.38. The molecule has 3 N–H and O–H groups in total. The number of hydrogen-bond donors (Lipinski definition) is 3. The largest absolute Gasteiger partial charge is 0.393 e. The van der Waals surface area contributed by atoms with Crippen LogP contribution < -0.4 is 10.9 Å². The van der Waals surface area contributed by atoms with E-state index in [2.05, 4.69) is 15.3 Å². The number of aliphatic hydroxyl groups is 1. The fraction of sp³-hybridized carbons (Fsp3) is 0.636. The Balaban J connectivity index is 2.47. The summed E-state index contributed by atoms with van der Waals surface area (Å²) in [6, 6.07) is 1.45. The number of aromatic nitrogens is 2. The molecule has 1 aromatic heterocycles. The smallest absolute Gasteiger partial charge is 0.252 e. The molecule has 5 nitrogen and oxygen atoms in total. The van der Waals surface area contributed by atoms with Crippen molar-refractivity contribution in [2.24, 2.45) is 0 Å². The number of hydrogen-bond acceptors (Lipinski definition) is 4. The van der Waals surface area contributed by atoms with Gasteiger partial charge in [0.25, 0.3) is 5.56 Å². The minimum Gasteiger partial charge on any atom is -0.393 e. The predicted molar refractivity (Wildman–Crippen MR) is 63.6 cm³/mol. The Kier molecular flexibility index (Phi) is 4.98. The minimum atomic E-state index is -0.278. The first-order valence-corrected chi connectivity index (χ1v) is 5.64. The molecule has 0 fully saturated rings. The summed E-state index contributed by atoms with van der Waals surface area (Å²) in [4.78, 5) is 18.1. The lowest BCUT2D eigenvalue weighted by Gasteiger charge is -2.07. The van der Waals surface area contributed by atoms with Crippen molar-refractivity contribution >= 4 is 5.82 Å². The first-order chi connectivity index (χ1) is 7.61. The van der Waals surface area contributed by atoms with Crippen molar-refractivity contribution in [2.45, 2.75) is 39.2 Å². The number of nitrogens with zero attached hydrogens (tertiary/aromatic N) is 1. The van der Waals surface area contributed by atoms with Crippen LogP contribution in [0.5, 0.6) is 0 Å². The van der Waals surface area contributed by atoms with E-state index in [1.807, 2.05) is 6.92 Å². The molecule has 0 saturated carbocycles. The number of nitrogens with one attached hydrogen (secondary N) is 2. The highest BCUT2D eigenvalue weighted by atomic mass is 16.3. The molecule has 0 aliphatic rings. The molecule has 16 heavy (non-hydrogen) atoms. The molecule has 0 saturated heterocycles. The van der Waals surface area contributed by atoms with Crippen molar-refractivity contribution in [3.05, 3.63) is 22.2 Å². The standard InChI is InChI=1S/C11H19N3O2/c1-3-9-13-10(7-11(16)14-9)12-6-4-5-8(2)15/h7-8,15H,3-6H2,1-2H3,(H2,12,13,14,16). The van der Waals surface area contributed by atoms with Crippen LogP contribution in [0.1, 0.15) is 32.5 Å². The van der Waals surface area contributed by atoms with Crippen LogP contribution in [0.15, 0.2) is 10.9 Å². The number of H-pyrrole nitrogens is 1. The molecule has 1 aromatic rings. The van der Waals surface area contributed by atoms with E-state index in [0.29, 0.717) is 24.6 Å². The number of anilines is 1. The van der Waals surface area contributed by atoms with Gasteiger partial charge in [0.05, 0.1) is 6.10 Å². The average Bonchev–Trinajstić information content (AvgIpc) is 2.23. The SMILES string of the molecule is CCc1nc(NCCCC(C)O)cc(=O)[nH]1. The molecule has 1 heterocycles. The lowest BCUT2D eigenvalue weighted by Crippen LogP contribution is -2.14. The van der Waals surface area contributed by atoms with Gasteiger partial charge in [-0.25, -0.2) is 4.98 Å². The minimum absolute atomic E-state index is 0.134. The van der Waals surface area contributed by atoms with E-state index < -0.39 is 0 Å². The Morgan fingerprint density at radius 3 is 3.00 bits per heavy atom. The number of aromatic amines is 1. The van der Waals surface area contributed by atoms with Crippen molar-refractivity contribution in [3.8, 4) is 0 Å². The van der Waals surface area contributed by atoms with Gasteiger partial charge in [-0.15, -0.1) is 0 Å². The van der Waals surface area contributed by atoms with Crippen molar-refractivity contribution in [3.63, 3.8) is 0 Å². The fourth-order valence-corrected chi connectivity index (χ4v) is 1.38. The van der Waals surface area contributed by atoms with E-state index in [1.54, 1.807) is 6.92 Å². The van der Waals surface area contributed by atoms with Crippen LogP contribution in [0.3, 0.4) is 0 Å². The van der Waals surface area contributed by atoms with Gasteiger partial charge in [0.2, 0.25) is 0 Å². The third kappa shape index (κ3) is 4.44. The zero-order chi connectivity index (χ0) is 12.0. The van der Waals surface area contributed by atoms with Gasteiger partial charge < -0.3 is 15.4 Å². The lowest BCUT2D eigenvalue weighted by atomic mass is 10.2. The second kappa shape index (κ2) is 6.27. The molecule has 0 aliphatic carbocycles. The summed E-state index contributed by atoms with van der Waals surface area (Å²) in [6.45, 7) is 4.42. The number of rotatable bonds is 6. The monoisotopic (exact) mass is 225 g/mol. The first-order valence-electron chi connectivity index (χ1n) is 5.64. The van der Waals surface area contributed by atoms with Crippen LogP contribution in [-0.2, 0) is 6.42 Å². The van der Waals surface area contributed by atoms with E-state index in [1.165, 1.54) is 6.07 Å². The van der Waals surface area contributed by atoms with E-state index in [-0.39, 0.29) is 11.7 Å². The summed E-state index contributed by atoms with van der Waals surface area (Å²) >= 11 is 0. The van der Waals surface area contributed by atoms with Crippen LogP contribution >= 0.6 is 0 Å². The van der Waals surface area contributed by atoms with E-state index in [9.17, 15) is 4.79 Å². The maximum atomic E-state index is 11.2. The normalized spacial score (nSPS) is 12.4. The molecule has 0 aromatic carbocycles. The molecular formula is C11H19N3O2. The summed E-state index contributed by atoms with van der Waals surface area (Å²) in [6.07, 6.45) is 2.03. The quantitative estimate of drug-likeness (QED) is 0.629. The maximum absolute atomic E-state index is 11.2. The molecule has 90 valence electrons. The zero-order valence-corrected chi connectivity index (χ0v) is 9.79. The van der Waals surface area contributed by atoms with Crippen LogP contribution in [0.4, 0.5) is 5.82 Å². The van der Waals surface area contributed by atoms with Crippen molar-refractivity contribution in [1.29, 1.82) is 0 Å². The van der Waals surface area contributed by atoms with Gasteiger partial charge in [-0.3, -0.25) is 4.79 Å². The number of aryl methyl sites for hydroxylation is 1. The molecule has 5 heteroatoms.